The van der Waals surface area contributed by atoms with Crippen LogP contribution in [0.25, 0.3) is 0 Å². The van der Waals surface area contributed by atoms with Crippen molar-refractivity contribution in [2.75, 3.05) is 19.8 Å². The molecule has 0 radical (unpaired) electrons. The van der Waals surface area contributed by atoms with Crippen LogP contribution in [-0.2, 0) is 0 Å². The highest BCUT2D eigenvalue weighted by Gasteiger charge is 2.09. The average Bonchev–Trinajstić information content (AvgIpc) is 2.55. The molecule has 0 aliphatic carbocycles. The van der Waals surface area contributed by atoms with Gasteiger partial charge >= 0.3 is 0 Å². The second-order valence-corrected chi connectivity index (χ2v) is 5.86. The van der Waals surface area contributed by atoms with Crippen LogP contribution in [0.15, 0.2) is 36.4 Å². The van der Waals surface area contributed by atoms with Crippen LogP contribution in [0.3, 0.4) is 0 Å². The van der Waals surface area contributed by atoms with Gasteiger partial charge < -0.3 is 14.8 Å². The number of amides is 1. The molecule has 0 bridgehead atoms. The molecule has 2 aromatic rings. The number of ether oxygens (including phenoxy) is 2. The number of benzene rings is 2. The van der Waals surface area contributed by atoms with Crippen molar-refractivity contribution >= 4 is 17.5 Å². The molecule has 0 aromatic heterocycles. The molecule has 0 aliphatic heterocycles. The third kappa shape index (κ3) is 4.90. The Bertz CT molecular complexity index is 716. The predicted molar refractivity (Wildman–Crippen MR) is 96.4 cm³/mol. The zero-order chi connectivity index (χ0) is 17.5. The molecule has 5 heteroatoms. The molecule has 4 nitrogen and oxygen atoms in total. The SMILES string of the molecule is CCOc1ccc(C(=O)NCCOc2ccc(C)cc2C)cc1Cl. The van der Waals surface area contributed by atoms with Gasteiger partial charge in [-0.15, -0.1) is 0 Å². The Labute approximate surface area is 147 Å². The van der Waals surface area contributed by atoms with Gasteiger partial charge in [-0.2, -0.15) is 0 Å². The topological polar surface area (TPSA) is 47.6 Å². The number of hydrogen-bond acceptors (Lipinski definition) is 3. The number of nitrogens with one attached hydrogen (secondary N) is 1. The van der Waals surface area contributed by atoms with Crippen molar-refractivity contribution in [3.05, 3.63) is 58.1 Å². The van der Waals surface area contributed by atoms with E-state index in [0.717, 1.165) is 11.3 Å². The predicted octanol–water partition coefficient (Wildman–Crippen LogP) is 4.16. The Kier molecular flexibility index (Phi) is 6.50. The quantitative estimate of drug-likeness (QED) is 0.765. The van der Waals surface area contributed by atoms with Crippen molar-refractivity contribution in [2.45, 2.75) is 20.8 Å². The molecule has 0 saturated heterocycles. The maximum absolute atomic E-state index is 12.1. The minimum absolute atomic E-state index is 0.191. The Hall–Kier alpha value is -2.20. The molecule has 0 spiro atoms. The lowest BCUT2D eigenvalue weighted by atomic mass is 10.1. The fourth-order valence-corrected chi connectivity index (χ4v) is 2.54. The van der Waals surface area contributed by atoms with Crippen LogP contribution < -0.4 is 14.8 Å². The third-order valence-electron chi connectivity index (χ3n) is 3.47. The van der Waals surface area contributed by atoms with Crippen molar-refractivity contribution in [2.24, 2.45) is 0 Å². The fourth-order valence-electron chi connectivity index (χ4n) is 2.30. The van der Waals surface area contributed by atoms with E-state index in [1.807, 2.05) is 32.9 Å². The van der Waals surface area contributed by atoms with Crippen molar-refractivity contribution in [3.63, 3.8) is 0 Å². The lowest BCUT2D eigenvalue weighted by Gasteiger charge is -2.11. The summed E-state index contributed by atoms with van der Waals surface area (Å²) in [7, 11) is 0. The lowest BCUT2D eigenvalue weighted by molar-refractivity contribution is 0.0947. The van der Waals surface area contributed by atoms with Gasteiger partial charge in [-0.25, -0.2) is 0 Å². The molecule has 0 unspecified atom stereocenters. The van der Waals surface area contributed by atoms with Gasteiger partial charge in [0.25, 0.3) is 5.91 Å². The van der Waals surface area contributed by atoms with Crippen LogP contribution in [-0.4, -0.2) is 25.7 Å². The first kappa shape index (κ1) is 18.1. The molecule has 1 N–H and O–H groups in total. The molecular formula is C19H22ClNO3. The minimum atomic E-state index is -0.191. The summed E-state index contributed by atoms with van der Waals surface area (Å²) in [5.74, 6) is 1.22. The van der Waals surface area contributed by atoms with E-state index in [0.29, 0.717) is 36.1 Å². The number of carbonyl (C=O) groups excluding carboxylic acids is 1. The molecule has 2 aromatic carbocycles. The second kappa shape index (κ2) is 8.60. The first-order chi connectivity index (χ1) is 11.5. The van der Waals surface area contributed by atoms with E-state index in [1.165, 1.54) is 5.56 Å². The zero-order valence-corrected chi connectivity index (χ0v) is 14.9. The molecular weight excluding hydrogens is 326 g/mol. The van der Waals surface area contributed by atoms with Crippen molar-refractivity contribution in [3.8, 4) is 11.5 Å². The normalized spacial score (nSPS) is 10.3. The minimum Gasteiger partial charge on any atom is -0.492 e. The number of halogens is 1. The first-order valence-electron chi connectivity index (χ1n) is 7.92. The maximum Gasteiger partial charge on any atom is 0.251 e. The van der Waals surface area contributed by atoms with E-state index in [4.69, 9.17) is 21.1 Å². The van der Waals surface area contributed by atoms with Crippen LogP contribution in [0.5, 0.6) is 11.5 Å². The molecule has 1 amide bonds. The van der Waals surface area contributed by atoms with Crippen LogP contribution in [0.1, 0.15) is 28.4 Å². The highest BCUT2D eigenvalue weighted by atomic mass is 35.5. The van der Waals surface area contributed by atoms with Crippen molar-refractivity contribution in [1.29, 1.82) is 0 Å². The first-order valence-corrected chi connectivity index (χ1v) is 8.29. The van der Waals surface area contributed by atoms with Gasteiger partial charge in [0.1, 0.15) is 18.1 Å². The molecule has 0 saturated carbocycles. The summed E-state index contributed by atoms with van der Waals surface area (Å²) < 4.78 is 11.0. The Balaban J connectivity index is 1.84. The standard InChI is InChI=1S/C19H22ClNO3/c1-4-23-18-8-6-15(12-16(18)20)19(22)21-9-10-24-17-7-5-13(2)11-14(17)3/h5-8,11-12H,4,9-10H2,1-3H3,(H,21,22). The van der Waals surface area contributed by atoms with Gasteiger partial charge in [0, 0.05) is 5.56 Å². The highest BCUT2D eigenvalue weighted by molar-refractivity contribution is 6.32. The monoisotopic (exact) mass is 347 g/mol. The van der Waals surface area contributed by atoms with Crippen molar-refractivity contribution < 1.29 is 14.3 Å². The summed E-state index contributed by atoms with van der Waals surface area (Å²) in [5.41, 5.74) is 2.77. The van der Waals surface area contributed by atoms with Crippen molar-refractivity contribution in [1.82, 2.24) is 5.32 Å². The second-order valence-electron chi connectivity index (χ2n) is 5.45. The van der Waals surface area contributed by atoms with Gasteiger partial charge in [-0.3, -0.25) is 4.79 Å². The third-order valence-corrected chi connectivity index (χ3v) is 3.76. The summed E-state index contributed by atoms with van der Waals surface area (Å²) in [6.07, 6.45) is 0. The number of hydrogen-bond donors (Lipinski definition) is 1. The Morgan fingerprint density at radius 1 is 1.08 bits per heavy atom. The smallest absolute Gasteiger partial charge is 0.251 e. The number of aryl methyl sites for hydroxylation is 2. The van der Waals surface area contributed by atoms with Gasteiger partial charge in [0.2, 0.25) is 0 Å². The van der Waals surface area contributed by atoms with E-state index < -0.39 is 0 Å². The summed E-state index contributed by atoms with van der Waals surface area (Å²) >= 11 is 6.09. The molecule has 0 heterocycles. The summed E-state index contributed by atoms with van der Waals surface area (Å²) in [6, 6.07) is 11.0. The molecule has 0 fully saturated rings. The van der Waals surface area contributed by atoms with Crippen LogP contribution in [0.4, 0.5) is 0 Å². The largest absolute Gasteiger partial charge is 0.492 e. The highest BCUT2D eigenvalue weighted by Crippen LogP contribution is 2.25. The van der Waals surface area contributed by atoms with Crippen LogP contribution in [0.2, 0.25) is 5.02 Å². The van der Waals surface area contributed by atoms with Gasteiger partial charge in [0.15, 0.2) is 0 Å². The zero-order valence-electron chi connectivity index (χ0n) is 14.2. The molecule has 0 aliphatic rings. The average molecular weight is 348 g/mol. The van der Waals surface area contributed by atoms with Gasteiger partial charge in [-0.05, 0) is 50.6 Å². The number of carbonyl (C=O) groups is 1. The molecule has 128 valence electrons. The summed E-state index contributed by atoms with van der Waals surface area (Å²) in [4.78, 5) is 12.1. The van der Waals surface area contributed by atoms with E-state index >= 15 is 0 Å². The van der Waals surface area contributed by atoms with E-state index in [1.54, 1.807) is 18.2 Å². The molecule has 24 heavy (non-hydrogen) atoms. The fraction of sp³-hybridized carbons (Fsp3) is 0.316. The maximum atomic E-state index is 12.1. The van der Waals surface area contributed by atoms with Crippen LogP contribution >= 0.6 is 11.6 Å². The Morgan fingerprint density at radius 2 is 1.83 bits per heavy atom. The molecule has 0 atom stereocenters. The molecule has 2 rings (SSSR count). The van der Waals surface area contributed by atoms with E-state index in [-0.39, 0.29) is 5.91 Å². The van der Waals surface area contributed by atoms with E-state index in [9.17, 15) is 4.79 Å². The lowest BCUT2D eigenvalue weighted by Crippen LogP contribution is -2.28. The number of rotatable bonds is 7. The van der Waals surface area contributed by atoms with Gasteiger partial charge in [0.05, 0.1) is 18.2 Å². The summed E-state index contributed by atoms with van der Waals surface area (Å²) in [5, 5.41) is 3.24. The van der Waals surface area contributed by atoms with E-state index in [2.05, 4.69) is 11.4 Å². The van der Waals surface area contributed by atoms with Gasteiger partial charge in [-0.1, -0.05) is 29.3 Å². The summed E-state index contributed by atoms with van der Waals surface area (Å²) in [6.45, 7) is 7.27. The van der Waals surface area contributed by atoms with Crippen LogP contribution in [0, 0.1) is 13.8 Å². The Morgan fingerprint density at radius 3 is 2.50 bits per heavy atom.